The second kappa shape index (κ2) is 24.7. The van der Waals surface area contributed by atoms with Crippen molar-refractivity contribution < 1.29 is 9.90 Å². The first-order chi connectivity index (χ1) is 14.1. The number of carboxylic acids is 1. The summed E-state index contributed by atoms with van der Waals surface area (Å²) in [5, 5.41) is 9.72. The van der Waals surface area contributed by atoms with E-state index in [0.29, 0.717) is 0 Å². The fourth-order valence-electron chi connectivity index (χ4n) is 4.34. The van der Waals surface area contributed by atoms with Crippen LogP contribution in [0.4, 0.5) is 0 Å². The molecule has 0 aliphatic rings. The van der Waals surface area contributed by atoms with Crippen LogP contribution in [0, 0.1) is 5.41 Å². The average molecular weight is 451 g/mol. The number of rotatable bonds is 23. The Balaban J connectivity index is 0. The van der Waals surface area contributed by atoms with Crippen molar-refractivity contribution in [3.05, 3.63) is 0 Å². The van der Waals surface area contributed by atoms with Crippen molar-refractivity contribution in [1.29, 1.82) is 0 Å². The van der Waals surface area contributed by atoms with E-state index in [4.69, 9.17) is 0 Å². The minimum absolute atomic E-state index is 0. The Bertz CT molecular complexity index is 333. The summed E-state index contributed by atoms with van der Waals surface area (Å²) < 4.78 is 0. The Morgan fingerprint density at radius 2 is 0.767 bits per heavy atom. The molecule has 3 heteroatoms. The summed E-state index contributed by atoms with van der Waals surface area (Å²) in [5.74, 6) is -0.579. The van der Waals surface area contributed by atoms with Gasteiger partial charge >= 0.3 is 57.4 Å². The molecule has 176 valence electrons. The zero-order chi connectivity index (χ0) is 21.6. The van der Waals surface area contributed by atoms with Crippen molar-refractivity contribution in [2.24, 2.45) is 5.41 Å². The van der Waals surface area contributed by atoms with Crippen molar-refractivity contribution in [2.45, 2.75) is 162 Å². The summed E-state index contributed by atoms with van der Waals surface area (Å²) in [6, 6.07) is 0. The number of hydrogen-bond donors (Lipinski definition) is 1. The first-order valence-electron chi connectivity index (χ1n) is 13.3. The Kier molecular flexibility index (Phi) is 27.4. The third-order valence-electron chi connectivity index (χ3n) is 6.68. The summed E-state index contributed by atoms with van der Waals surface area (Å²) in [7, 11) is 0. The first kappa shape index (κ1) is 33.3. The maximum absolute atomic E-state index is 11.8. The second-order valence-corrected chi connectivity index (χ2v) is 9.73. The van der Waals surface area contributed by atoms with E-state index in [-0.39, 0.29) is 51.4 Å². The summed E-state index contributed by atoms with van der Waals surface area (Å²) >= 11 is 0. The molecule has 0 aromatic heterocycles. The van der Waals surface area contributed by atoms with Crippen LogP contribution >= 0.6 is 0 Å². The maximum atomic E-state index is 11.8. The van der Waals surface area contributed by atoms with Gasteiger partial charge in [0.15, 0.2) is 0 Å². The van der Waals surface area contributed by atoms with E-state index < -0.39 is 11.4 Å². The van der Waals surface area contributed by atoms with Crippen molar-refractivity contribution >= 4 is 57.4 Å². The van der Waals surface area contributed by atoms with Crippen LogP contribution in [0.15, 0.2) is 0 Å². The SMILES string of the molecule is CCCCCCCCCCCCC(C)(CCCCCCCCCCCC)C(=O)O.[KH]. The number of unbranched alkanes of at least 4 members (excludes halogenated alkanes) is 18. The molecule has 30 heavy (non-hydrogen) atoms. The topological polar surface area (TPSA) is 37.3 Å². The molecule has 0 saturated heterocycles. The Morgan fingerprint density at radius 3 is 1.00 bits per heavy atom. The zero-order valence-electron chi connectivity index (χ0n) is 20.4. The normalized spacial score (nSPS) is 11.4. The summed E-state index contributed by atoms with van der Waals surface area (Å²) in [6.45, 7) is 6.51. The molecule has 0 saturated carbocycles. The van der Waals surface area contributed by atoms with Crippen molar-refractivity contribution in [1.82, 2.24) is 0 Å². The standard InChI is InChI=1S/C27H54O2.K.H/c1-4-6-8-10-12-14-16-18-20-22-24-27(3,26(28)29)25-23-21-19-17-15-13-11-9-7-5-2;;/h4-25H2,1-3H3,(H,28,29);;. The molecule has 0 spiro atoms. The molecular formula is C27H55KO2. The molecule has 0 aliphatic carbocycles. The molecule has 0 aromatic rings. The average Bonchev–Trinajstić information content (AvgIpc) is 2.70. The summed E-state index contributed by atoms with van der Waals surface area (Å²) in [4.78, 5) is 11.8. The van der Waals surface area contributed by atoms with Gasteiger partial charge < -0.3 is 5.11 Å². The number of carbonyl (C=O) groups is 1. The van der Waals surface area contributed by atoms with Gasteiger partial charge in [-0.1, -0.05) is 142 Å². The predicted molar refractivity (Wildman–Crippen MR) is 136 cm³/mol. The van der Waals surface area contributed by atoms with E-state index in [1.54, 1.807) is 0 Å². The Morgan fingerprint density at radius 1 is 0.533 bits per heavy atom. The molecule has 0 fully saturated rings. The van der Waals surface area contributed by atoms with E-state index in [1.165, 1.54) is 116 Å². The van der Waals surface area contributed by atoms with E-state index in [9.17, 15) is 9.90 Å². The molecule has 0 unspecified atom stereocenters. The number of hydrogen-bond acceptors (Lipinski definition) is 1. The number of carboxylic acid groups (broad SMARTS) is 1. The van der Waals surface area contributed by atoms with Gasteiger partial charge in [0.1, 0.15) is 0 Å². The van der Waals surface area contributed by atoms with Crippen LogP contribution < -0.4 is 0 Å². The van der Waals surface area contributed by atoms with Crippen LogP contribution in [0.5, 0.6) is 0 Å². The first-order valence-corrected chi connectivity index (χ1v) is 13.3. The van der Waals surface area contributed by atoms with Gasteiger partial charge in [-0.3, -0.25) is 4.79 Å². The molecule has 0 bridgehead atoms. The van der Waals surface area contributed by atoms with Gasteiger partial charge in [-0.05, 0) is 19.8 Å². The van der Waals surface area contributed by atoms with Crippen LogP contribution in [0.3, 0.4) is 0 Å². The van der Waals surface area contributed by atoms with Gasteiger partial charge in [-0.2, -0.15) is 0 Å². The van der Waals surface area contributed by atoms with Crippen molar-refractivity contribution in [2.75, 3.05) is 0 Å². The Labute approximate surface area is 232 Å². The molecule has 0 aromatic carbocycles. The summed E-state index contributed by atoms with van der Waals surface area (Å²) in [5.41, 5.74) is -0.500. The Hall–Kier alpha value is 1.11. The number of aliphatic carboxylic acids is 1. The molecule has 0 aliphatic heterocycles. The van der Waals surface area contributed by atoms with Gasteiger partial charge in [0.05, 0.1) is 5.41 Å². The molecule has 0 heterocycles. The fraction of sp³-hybridized carbons (Fsp3) is 0.963. The molecule has 2 nitrogen and oxygen atoms in total. The monoisotopic (exact) mass is 450 g/mol. The second-order valence-electron chi connectivity index (χ2n) is 9.73. The molecule has 0 rings (SSSR count). The van der Waals surface area contributed by atoms with Crippen LogP contribution in [-0.2, 0) is 4.79 Å². The van der Waals surface area contributed by atoms with Gasteiger partial charge in [-0.25, -0.2) is 0 Å². The molecule has 0 amide bonds. The van der Waals surface area contributed by atoms with Crippen LogP contribution in [0.25, 0.3) is 0 Å². The summed E-state index contributed by atoms with van der Waals surface area (Å²) in [6.07, 6.45) is 28.0. The van der Waals surface area contributed by atoms with Crippen LogP contribution in [0.1, 0.15) is 162 Å². The van der Waals surface area contributed by atoms with Crippen LogP contribution in [0.2, 0.25) is 0 Å². The third-order valence-corrected chi connectivity index (χ3v) is 6.68. The quantitative estimate of drug-likeness (QED) is 0.124. The van der Waals surface area contributed by atoms with Gasteiger partial charge in [0, 0.05) is 0 Å². The molecule has 0 atom stereocenters. The molecule has 1 N–H and O–H groups in total. The molecule has 0 radical (unpaired) electrons. The molecular weight excluding hydrogens is 395 g/mol. The fourth-order valence-corrected chi connectivity index (χ4v) is 4.34. The minimum atomic E-state index is -0.579. The van der Waals surface area contributed by atoms with Gasteiger partial charge in [0.25, 0.3) is 0 Å². The van der Waals surface area contributed by atoms with E-state index >= 15 is 0 Å². The van der Waals surface area contributed by atoms with Crippen molar-refractivity contribution in [3.63, 3.8) is 0 Å². The van der Waals surface area contributed by atoms with Gasteiger partial charge in [-0.15, -0.1) is 0 Å². The van der Waals surface area contributed by atoms with E-state index in [1.807, 2.05) is 6.92 Å². The van der Waals surface area contributed by atoms with Crippen LogP contribution in [-0.4, -0.2) is 62.5 Å². The van der Waals surface area contributed by atoms with Crippen molar-refractivity contribution in [3.8, 4) is 0 Å². The van der Waals surface area contributed by atoms with E-state index in [0.717, 1.165) is 25.7 Å². The zero-order valence-corrected chi connectivity index (χ0v) is 20.4. The van der Waals surface area contributed by atoms with Gasteiger partial charge in [0.2, 0.25) is 0 Å². The van der Waals surface area contributed by atoms with E-state index in [2.05, 4.69) is 13.8 Å². The predicted octanol–water partition coefficient (Wildman–Crippen LogP) is 9.05. The third kappa shape index (κ3) is 21.0.